The normalized spacial score (nSPS) is 36.1. The predicted molar refractivity (Wildman–Crippen MR) is 81.0 cm³/mol. The Bertz CT molecular complexity index is 508. The largest absolute Gasteiger partial charge is 0.619 e. The van der Waals surface area contributed by atoms with Crippen molar-refractivity contribution in [2.75, 3.05) is 0 Å². The second kappa shape index (κ2) is 5.16. The van der Waals surface area contributed by atoms with Gasteiger partial charge in [0.25, 0.3) is 5.91 Å². The summed E-state index contributed by atoms with van der Waals surface area (Å²) in [7, 11) is 0. The van der Waals surface area contributed by atoms with E-state index in [0.29, 0.717) is 10.3 Å². The van der Waals surface area contributed by atoms with Crippen LogP contribution in [0.1, 0.15) is 48.9 Å². The molecule has 4 fully saturated rings. The molecule has 0 spiro atoms. The summed E-state index contributed by atoms with van der Waals surface area (Å²) in [6.07, 6.45) is 10.3. The zero-order chi connectivity index (χ0) is 13.7. The predicted octanol–water partition coefficient (Wildman–Crippen LogP) is 2.44. The quantitative estimate of drug-likeness (QED) is 0.674. The summed E-state index contributed by atoms with van der Waals surface area (Å²) in [6.45, 7) is 0. The number of hydrogen-bond donors (Lipinski definition) is 1. The van der Waals surface area contributed by atoms with Crippen LogP contribution in [0.5, 0.6) is 0 Å². The Kier molecular flexibility index (Phi) is 3.60. The van der Waals surface area contributed by atoms with Gasteiger partial charge >= 0.3 is 0 Å². The Morgan fingerprint density at radius 1 is 1.10 bits per heavy atom. The van der Waals surface area contributed by atoms with E-state index < -0.39 is 0 Å². The van der Waals surface area contributed by atoms with E-state index in [4.69, 9.17) is 0 Å². The first-order chi connectivity index (χ1) is 9.62. The molecule has 21 heavy (non-hydrogen) atoms. The molecule has 4 aliphatic carbocycles. The number of hydrogen-bond acceptors (Lipinski definition) is 2. The van der Waals surface area contributed by atoms with Crippen LogP contribution in [-0.2, 0) is 0 Å². The van der Waals surface area contributed by atoms with Crippen molar-refractivity contribution in [3.63, 3.8) is 0 Å². The molecule has 1 N–H and O–H groups in total. The van der Waals surface area contributed by atoms with Gasteiger partial charge in [0.1, 0.15) is 0 Å². The number of aromatic nitrogens is 1. The molecule has 1 heterocycles. The average Bonchev–Trinajstić information content (AvgIpc) is 2.37. The molecule has 4 saturated carbocycles. The molecule has 0 saturated heterocycles. The Labute approximate surface area is 130 Å². The zero-order valence-corrected chi connectivity index (χ0v) is 12.8. The molecule has 0 aromatic carbocycles. The monoisotopic (exact) mass is 308 g/mol. The molecular weight excluding hydrogens is 288 g/mol. The fourth-order valence-electron chi connectivity index (χ4n) is 5.14. The van der Waals surface area contributed by atoms with Crippen molar-refractivity contribution in [2.24, 2.45) is 17.8 Å². The fraction of sp³-hybridized carbons (Fsp3) is 0.625. The summed E-state index contributed by atoms with van der Waals surface area (Å²) in [4.78, 5) is 12.4. The van der Waals surface area contributed by atoms with Crippen LogP contribution in [0.2, 0.25) is 0 Å². The van der Waals surface area contributed by atoms with Gasteiger partial charge in [-0.1, -0.05) is 0 Å². The molecule has 0 unspecified atom stereocenters. The molecule has 1 aromatic heterocycles. The van der Waals surface area contributed by atoms with Crippen molar-refractivity contribution in [3.05, 3.63) is 35.3 Å². The van der Waals surface area contributed by atoms with Crippen molar-refractivity contribution < 1.29 is 9.52 Å². The molecule has 4 aliphatic rings. The van der Waals surface area contributed by atoms with Crippen LogP contribution in [-0.4, -0.2) is 11.4 Å². The van der Waals surface area contributed by atoms with Gasteiger partial charge in [-0.25, -0.2) is 0 Å². The summed E-state index contributed by atoms with van der Waals surface area (Å²) in [6, 6.07) is 3.20. The number of carbonyl (C=O) groups excluding carboxylic acids is 1. The van der Waals surface area contributed by atoms with E-state index in [2.05, 4.69) is 5.32 Å². The molecule has 0 atom stereocenters. The van der Waals surface area contributed by atoms with E-state index in [0.717, 1.165) is 37.0 Å². The topological polar surface area (TPSA) is 56.0 Å². The van der Waals surface area contributed by atoms with Gasteiger partial charge in [-0.3, -0.25) is 4.79 Å². The summed E-state index contributed by atoms with van der Waals surface area (Å²) in [5, 5.41) is 14.3. The van der Waals surface area contributed by atoms with Gasteiger partial charge in [-0.15, -0.1) is 12.4 Å². The third-order valence-corrected chi connectivity index (χ3v) is 5.48. The number of carbonyl (C=O) groups is 1. The molecule has 1 aromatic rings. The lowest BCUT2D eigenvalue weighted by Gasteiger charge is -2.56. The van der Waals surface area contributed by atoms with E-state index in [9.17, 15) is 10.0 Å². The molecule has 4 bridgehead atoms. The first kappa shape index (κ1) is 14.6. The third kappa shape index (κ3) is 2.61. The van der Waals surface area contributed by atoms with Crippen LogP contribution >= 0.6 is 12.4 Å². The maximum Gasteiger partial charge on any atom is 0.252 e. The minimum Gasteiger partial charge on any atom is -0.619 e. The summed E-state index contributed by atoms with van der Waals surface area (Å²) >= 11 is 0. The van der Waals surface area contributed by atoms with E-state index in [-0.39, 0.29) is 23.9 Å². The number of nitrogens with zero attached hydrogens (tertiary/aromatic N) is 1. The molecule has 5 heteroatoms. The van der Waals surface area contributed by atoms with Crippen LogP contribution in [0, 0.1) is 23.0 Å². The van der Waals surface area contributed by atoms with Crippen LogP contribution in [0.4, 0.5) is 0 Å². The first-order valence-electron chi connectivity index (χ1n) is 7.63. The number of halogens is 1. The van der Waals surface area contributed by atoms with Crippen LogP contribution in [0.15, 0.2) is 24.5 Å². The lowest BCUT2D eigenvalue weighted by atomic mass is 9.53. The Balaban J connectivity index is 0.00000132. The Hall–Kier alpha value is -1.29. The SMILES string of the molecule is Cl.O=C(NC12CC3CC(CC(C3)C1)C2)c1cc[n+]([O-])cc1. The highest BCUT2D eigenvalue weighted by Crippen LogP contribution is 2.55. The minimum absolute atomic E-state index is 0. The third-order valence-electron chi connectivity index (χ3n) is 5.48. The second-order valence-corrected chi connectivity index (χ2v) is 7.10. The Morgan fingerprint density at radius 3 is 2.05 bits per heavy atom. The number of rotatable bonds is 2. The molecule has 4 nitrogen and oxygen atoms in total. The molecule has 0 aliphatic heterocycles. The summed E-state index contributed by atoms with van der Waals surface area (Å²) in [5.41, 5.74) is 0.627. The highest BCUT2D eigenvalue weighted by molar-refractivity contribution is 5.94. The van der Waals surface area contributed by atoms with Crippen molar-refractivity contribution >= 4 is 18.3 Å². The molecule has 1 amide bonds. The van der Waals surface area contributed by atoms with E-state index >= 15 is 0 Å². The van der Waals surface area contributed by atoms with Crippen molar-refractivity contribution in [2.45, 2.75) is 44.1 Å². The second-order valence-electron chi connectivity index (χ2n) is 7.10. The van der Waals surface area contributed by atoms with Gasteiger partial charge in [0, 0.05) is 17.7 Å². The summed E-state index contributed by atoms with van der Waals surface area (Å²) < 4.78 is 0.710. The highest BCUT2D eigenvalue weighted by Gasteiger charge is 2.51. The van der Waals surface area contributed by atoms with Crippen molar-refractivity contribution in [3.8, 4) is 0 Å². The minimum atomic E-state index is -0.0208. The molecular formula is C16H21ClN2O2. The molecule has 5 rings (SSSR count). The maximum atomic E-state index is 12.4. The number of pyridine rings is 1. The van der Waals surface area contributed by atoms with Crippen molar-refractivity contribution in [1.82, 2.24) is 5.32 Å². The number of nitrogens with one attached hydrogen (secondary N) is 1. The molecule has 0 radical (unpaired) electrons. The lowest BCUT2D eigenvalue weighted by Crippen LogP contribution is -2.59. The van der Waals surface area contributed by atoms with E-state index in [1.165, 1.54) is 31.7 Å². The van der Waals surface area contributed by atoms with Gasteiger partial charge in [0.2, 0.25) is 0 Å². The van der Waals surface area contributed by atoms with Gasteiger partial charge in [0.15, 0.2) is 12.4 Å². The lowest BCUT2D eigenvalue weighted by molar-refractivity contribution is -0.605. The smallest absolute Gasteiger partial charge is 0.252 e. The van der Waals surface area contributed by atoms with Crippen LogP contribution in [0.3, 0.4) is 0 Å². The van der Waals surface area contributed by atoms with Crippen molar-refractivity contribution in [1.29, 1.82) is 0 Å². The number of amides is 1. The van der Waals surface area contributed by atoms with Crippen LogP contribution in [0.25, 0.3) is 0 Å². The highest BCUT2D eigenvalue weighted by atomic mass is 35.5. The standard InChI is InChI=1S/C16H20N2O2.ClH/c19-15(14-1-3-18(20)4-2-14)17-16-8-11-5-12(9-16)7-13(6-11)10-16;/h1-4,11-13H,5-10H2,(H,17,19);1H. The van der Waals surface area contributed by atoms with Gasteiger partial charge in [-0.2, -0.15) is 4.73 Å². The van der Waals surface area contributed by atoms with Gasteiger partial charge < -0.3 is 10.5 Å². The van der Waals surface area contributed by atoms with Crippen LogP contribution < -0.4 is 10.0 Å². The maximum absolute atomic E-state index is 12.4. The molecule has 114 valence electrons. The van der Waals surface area contributed by atoms with E-state index in [1.807, 2.05) is 0 Å². The van der Waals surface area contributed by atoms with Gasteiger partial charge in [0.05, 0.1) is 5.56 Å². The van der Waals surface area contributed by atoms with Gasteiger partial charge in [-0.05, 0) is 56.3 Å². The zero-order valence-electron chi connectivity index (χ0n) is 12.0. The fourth-order valence-corrected chi connectivity index (χ4v) is 5.14. The summed E-state index contributed by atoms with van der Waals surface area (Å²) in [5.74, 6) is 2.44. The average molecular weight is 309 g/mol. The van der Waals surface area contributed by atoms with E-state index in [1.54, 1.807) is 12.1 Å². The first-order valence-corrected chi connectivity index (χ1v) is 7.63. The Morgan fingerprint density at radius 2 is 1.57 bits per heavy atom.